The number of rotatable bonds is 6. The summed E-state index contributed by atoms with van der Waals surface area (Å²) in [5.74, 6) is 0.850. The van der Waals surface area contributed by atoms with E-state index in [9.17, 15) is 13.2 Å². The quantitative estimate of drug-likeness (QED) is 0.680. The molecule has 9 heteroatoms. The minimum absolute atomic E-state index is 0.182. The van der Waals surface area contributed by atoms with Crippen LogP contribution in [0.5, 0.6) is 5.75 Å². The molecule has 0 saturated carbocycles. The number of methoxy groups -OCH3 is 1. The van der Waals surface area contributed by atoms with Crippen molar-refractivity contribution in [3.8, 4) is 5.75 Å². The normalized spacial score (nSPS) is 11.5. The minimum Gasteiger partial charge on any atom is -0.497 e. The van der Waals surface area contributed by atoms with Gasteiger partial charge in [0.25, 0.3) is 0 Å². The van der Waals surface area contributed by atoms with E-state index in [1.165, 1.54) is 0 Å². The van der Waals surface area contributed by atoms with Crippen molar-refractivity contribution in [2.45, 2.75) is 6.54 Å². The molecule has 1 heterocycles. The largest absolute Gasteiger partial charge is 0.497 e. The summed E-state index contributed by atoms with van der Waals surface area (Å²) in [7, 11) is -1.80. The lowest BCUT2D eigenvalue weighted by Gasteiger charge is -2.03. The first kappa shape index (κ1) is 15.3. The molecule has 1 amide bonds. The maximum atomic E-state index is 11.5. The highest BCUT2D eigenvalue weighted by Gasteiger charge is 2.08. The molecule has 0 bridgehead atoms. The van der Waals surface area contributed by atoms with Crippen molar-refractivity contribution in [1.29, 1.82) is 0 Å². The SMILES string of the molecule is COc1ccc2nc(CNC(=O)CNS(C)(=O)=O)[nH]c2c1. The molecule has 0 spiro atoms. The summed E-state index contributed by atoms with van der Waals surface area (Å²) >= 11 is 0. The van der Waals surface area contributed by atoms with Crippen molar-refractivity contribution in [2.24, 2.45) is 0 Å². The topological polar surface area (TPSA) is 113 Å². The fourth-order valence-corrected chi connectivity index (χ4v) is 2.09. The highest BCUT2D eigenvalue weighted by molar-refractivity contribution is 7.88. The Hall–Kier alpha value is -2.13. The summed E-state index contributed by atoms with van der Waals surface area (Å²) in [6, 6.07) is 5.40. The molecule has 0 unspecified atom stereocenters. The Balaban J connectivity index is 1.95. The third-order valence-corrected chi connectivity index (χ3v) is 3.35. The molecule has 0 aliphatic heterocycles. The zero-order valence-corrected chi connectivity index (χ0v) is 12.5. The lowest BCUT2D eigenvalue weighted by molar-refractivity contribution is -0.120. The molecule has 1 aromatic carbocycles. The number of H-pyrrole nitrogens is 1. The number of nitrogens with one attached hydrogen (secondary N) is 3. The van der Waals surface area contributed by atoms with Gasteiger partial charge in [0.2, 0.25) is 15.9 Å². The van der Waals surface area contributed by atoms with Crippen LogP contribution in [0.2, 0.25) is 0 Å². The molecule has 8 nitrogen and oxygen atoms in total. The standard InChI is InChI=1S/C12H16N4O4S/c1-20-8-3-4-9-10(5-8)16-11(15-9)6-13-12(17)7-14-21(2,18)19/h3-5,14H,6-7H2,1-2H3,(H,13,17)(H,15,16). The Kier molecular flexibility index (Phi) is 4.43. The van der Waals surface area contributed by atoms with Crippen LogP contribution in [0.25, 0.3) is 11.0 Å². The molecule has 21 heavy (non-hydrogen) atoms. The Labute approximate surface area is 122 Å². The van der Waals surface area contributed by atoms with Crippen molar-refractivity contribution in [3.05, 3.63) is 24.0 Å². The molecule has 0 aliphatic carbocycles. The van der Waals surface area contributed by atoms with Crippen LogP contribution >= 0.6 is 0 Å². The maximum Gasteiger partial charge on any atom is 0.235 e. The first-order chi connectivity index (χ1) is 9.87. The van der Waals surface area contributed by atoms with Gasteiger partial charge in [-0.2, -0.15) is 0 Å². The second kappa shape index (κ2) is 6.10. The van der Waals surface area contributed by atoms with Gasteiger partial charge in [0.05, 0.1) is 37.5 Å². The van der Waals surface area contributed by atoms with E-state index >= 15 is 0 Å². The lowest BCUT2D eigenvalue weighted by atomic mass is 10.3. The summed E-state index contributed by atoms with van der Waals surface area (Å²) in [6.45, 7) is -0.117. The van der Waals surface area contributed by atoms with Crippen LogP contribution in [-0.2, 0) is 21.4 Å². The number of nitrogens with zero attached hydrogens (tertiary/aromatic N) is 1. The number of aromatic nitrogens is 2. The molecule has 0 fully saturated rings. The maximum absolute atomic E-state index is 11.5. The second-order valence-electron chi connectivity index (χ2n) is 4.44. The fraction of sp³-hybridized carbons (Fsp3) is 0.333. The summed E-state index contributed by atoms with van der Waals surface area (Å²) in [4.78, 5) is 18.8. The molecule has 0 saturated heterocycles. The highest BCUT2D eigenvalue weighted by atomic mass is 32.2. The zero-order valence-electron chi connectivity index (χ0n) is 11.6. The van der Waals surface area contributed by atoms with Crippen LogP contribution < -0.4 is 14.8 Å². The highest BCUT2D eigenvalue weighted by Crippen LogP contribution is 2.18. The molecule has 1 aromatic heterocycles. The van der Waals surface area contributed by atoms with Gasteiger partial charge in [-0.1, -0.05) is 0 Å². The third-order valence-electron chi connectivity index (χ3n) is 2.69. The average molecular weight is 312 g/mol. The number of sulfonamides is 1. The number of carbonyl (C=O) groups excluding carboxylic acids is 1. The number of aromatic amines is 1. The van der Waals surface area contributed by atoms with Crippen LogP contribution in [0.15, 0.2) is 18.2 Å². The zero-order chi connectivity index (χ0) is 15.5. The molecule has 2 rings (SSSR count). The van der Waals surface area contributed by atoms with Gasteiger partial charge >= 0.3 is 0 Å². The number of benzene rings is 1. The van der Waals surface area contributed by atoms with Gasteiger partial charge in [-0.15, -0.1) is 0 Å². The van der Waals surface area contributed by atoms with Crippen LogP contribution in [0.4, 0.5) is 0 Å². The Morgan fingerprint density at radius 1 is 1.43 bits per heavy atom. The molecular weight excluding hydrogens is 296 g/mol. The van der Waals surface area contributed by atoms with Gasteiger partial charge in [-0.3, -0.25) is 4.79 Å². The Morgan fingerprint density at radius 2 is 2.19 bits per heavy atom. The average Bonchev–Trinajstić information content (AvgIpc) is 2.83. The van der Waals surface area contributed by atoms with Gasteiger partial charge in [0.1, 0.15) is 11.6 Å². The number of fused-ring (bicyclic) bond motifs is 1. The minimum atomic E-state index is -3.38. The van der Waals surface area contributed by atoms with E-state index in [1.54, 1.807) is 25.3 Å². The summed E-state index contributed by atoms with van der Waals surface area (Å²) < 4.78 is 29.0. The Bertz CT molecular complexity index is 754. The van der Waals surface area contributed by atoms with E-state index in [1.807, 2.05) is 0 Å². The summed E-state index contributed by atoms with van der Waals surface area (Å²) in [5.41, 5.74) is 1.56. The van der Waals surface area contributed by atoms with Crippen LogP contribution in [-0.4, -0.2) is 44.2 Å². The number of ether oxygens (including phenoxy) is 1. The number of imidazole rings is 1. The second-order valence-corrected chi connectivity index (χ2v) is 6.27. The van der Waals surface area contributed by atoms with Crippen molar-refractivity contribution >= 4 is 27.0 Å². The molecule has 0 aliphatic rings. The van der Waals surface area contributed by atoms with Crippen molar-refractivity contribution < 1.29 is 17.9 Å². The molecule has 114 valence electrons. The van der Waals surface area contributed by atoms with Crippen molar-refractivity contribution in [2.75, 3.05) is 19.9 Å². The lowest BCUT2D eigenvalue weighted by Crippen LogP contribution is -2.36. The van der Waals surface area contributed by atoms with Gasteiger partial charge in [-0.05, 0) is 12.1 Å². The van der Waals surface area contributed by atoms with E-state index in [-0.39, 0.29) is 13.1 Å². The number of hydrogen-bond donors (Lipinski definition) is 3. The van der Waals surface area contributed by atoms with Crippen molar-refractivity contribution in [1.82, 2.24) is 20.0 Å². The van der Waals surface area contributed by atoms with E-state index in [4.69, 9.17) is 4.74 Å². The monoisotopic (exact) mass is 312 g/mol. The van der Waals surface area contributed by atoms with Gasteiger partial charge in [0.15, 0.2) is 0 Å². The van der Waals surface area contributed by atoms with Crippen LogP contribution in [0.1, 0.15) is 5.82 Å². The van der Waals surface area contributed by atoms with Gasteiger partial charge in [-0.25, -0.2) is 18.1 Å². The Morgan fingerprint density at radius 3 is 2.86 bits per heavy atom. The van der Waals surface area contributed by atoms with Crippen LogP contribution in [0, 0.1) is 0 Å². The molecule has 0 atom stereocenters. The smallest absolute Gasteiger partial charge is 0.235 e. The predicted octanol–water partition coefficient (Wildman–Crippen LogP) is -0.263. The number of hydrogen-bond acceptors (Lipinski definition) is 5. The van der Waals surface area contributed by atoms with E-state index in [0.717, 1.165) is 17.3 Å². The molecule has 2 aromatic rings. The van der Waals surface area contributed by atoms with E-state index in [0.29, 0.717) is 11.6 Å². The molecule has 0 radical (unpaired) electrons. The fourth-order valence-electron chi connectivity index (χ4n) is 1.69. The summed E-state index contributed by atoms with van der Waals surface area (Å²) in [6.07, 6.45) is 0.993. The van der Waals surface area contributed by atoms with Crippen LogP contribution in [0.3, 0.4) is 0 Å². The summed E-state index contributed by atoms with van der Waals surface area (Å²) in [5, 5.41) is 2.57. The van der Waals surface area contributed by atoms with E-state index in [2.05, 4.69) is 20.0 Å². The van der Waals surface area contributed by atoms with Gasteiger partial charge in [0, 0.05) is 6.07 Å². The number of carbonyl (C=O) groups is 1. The van der Waals surface area contributed by atoms with Crippen molar-refractivity contribution in [3.63, 3.8) is 0 Å². The predicted molar refractivity (Wildman–Crippen MR) is 77.3 cm³/mol. The third kappa shape index (κ3) is 4.43. The molecule has 3 N–H and O–H groups in total. The first-order valence-electron chi connectivity index (χ1n) is 6.11. The van der Waals surface area contributed by atoms with Gasteiger partial charge < -0.3 is 15.0 Å². The molecular formula is C12H16N4O4S. The number of amides is 1. The first-order valence-corrected chi connectivity index (χ1v) is 8.00. The van der Waals surface area contributed by atoms with E-state index < -0.39 is 15.9 Å².